The molecule has 1 heterocycles. The summed E-state index contributed by atoms with van der Waals surface area (Å²) in [5, 5.41) is 9.68. The third-order valence-electron chi connectivity index (χ3n) is 2.53. The van der Waals surface area contributed by atoms with E-state index in [-0.39, 0.29) is 12.0 Å². The number of aryl methyl sites for hydroxylation is 1. The Hall–Kier alpha value is -0.900. The summed E-state index contributed by atoms with van der Waals surface area (Å²) >= 11 is 0. The molecule has 0 spiro atoms. The first-order chi connectivity index (χ1) is 6.14. The van der Waals surface area contributed by atoms with E-state index in [2.05, 4.69) is 0 Å². The average molecular weight is 188 g/mol. The molecule has 0 saturated heterocycles. The quantitative estimate of drug-likeness (QED) is 0.731. The van der Waals surface area contributed by atoms with E-state index in [1.54, 1.807) is 0 Å². The molecule has 1 unspecified atom stereocenters. The Kier molecular flexibility index (Phi) is 1.87. The molecule has 0 amide bonds. The zero-order chi connectivity index (χ0) is 9.47. The van der Waals surface area contributed by atoms with E-state index in [0.717, 1.165) is 0 Å². The van der Waals surface area contributed by atoms with Crippen LogP contribution in [-0.2, 0) is 12.0 Å². The predicted molar refractivity (Wildman–Crippen MR) is 41.5 cm³/mol. The van der Waals surface area contributed by atoms with Gasteiger partial charge < -0.3 is 9.52 Å². The first-order valence-corrected chi connectivity index (χ1v) is 4.22. The molecule has 13 heavy (non-hydrogen) atoms. The molecule has 1 aliphatic carbocycles. The minimum absolute atomic E-state index is 0.108. The van der Waals surface area contributed by atoms with Gasteiger partial charge in [-0.1, -0.05) is 0 Å². The van der Waals surface area contributed by atoms with Crippen LogP contribution in [-0.4, -0.2) is 11.5 Å². The fourth-order valence-corrected chi connectivity index (χ4v) is 1.80. The molecular formula is C9H10F2O2. The minimum Gasteiger partial charge on any atom is -0.469 e. The SMILES string of the molecule is OC1(C(F)F)CCCc2occc21. The van der Waals surface area contributed by atoms with Crippen LogP contribution in [0.1, 0.15) is 24.2 Å². The number of aliphatic hydroxyl groups is 1. The van der Waals surface area contributed by atoms with Gasteiger partial charge in [0, 0.05) is 12.0 Å². The lowest BCUT2D eigenvalue weighted by Crippen LogP contribution is -2.37. The first kappa shape index (κ1) is 8.69. The van der Waals surface area contributed by atoms with Crippen molar-refractivity contribution in [2.45, 2.75) is 31.3 Å². The second-order valence-corrected chi connectivity index (χ2v) is 3.34. The number of alkyl halides is 2. The van der Waals surface area contributed by atoms with E-state index in [1.807, 2.05) is 0 Å². The second-order valence-electron chi connectivity index (χ2n) is 3.34. The Balaban J connectivity index is 2.45. The van der Waals surface area contributed by atoms with Gasteiger partial charge in [0.15, 0.2) is 5.60 Å². The van der Waals surface area contributed by atoms with Crippen LogP contribution in [0, 0.1) is 0 Å². The van der Waals surface area contributed by atoms with Crippen LogP contribution in [0.2, 0.25) is 0 Å². The highest BCUT2D eigenvalue weighted by Crippen LogP contribution is 2.40. The lowest BCUT2D eigenvalue weighted by atomic mass is 9.83. The largest absolute Gasteiger partial charge is 0.469 e. The van der Waals surface area contributed by atoms with Gasteiger partial charge in [0.1, 0.15) is 5.76 Å². The molecule has 0 radical (unpaired) electrons. The molecule has 72 valence electrons. The molecule has 1 aliphatic rings. The van der Waals surface area contributed by atoms with Crippen LogP contribution in [0.5, 0.6) is 0 Å². The summed E-state index contributed by atoms with van der Waals surface area (Å²) in [6, 6.07) is 1.43. The topological polar surface area (TPSA) is 33.4 Å². The van der Waals surface area contributed by atoms with E-state index in [0.29, 0.717) is 18.6 Å². The summed E-state index contributed by atoms with van der Waals surface area (Å²) in [4.78, 5) is 0. The van der Waals surface area contributed by atoms with Gasteiger partial charge in [-0.2, -0.15) is 0 Å². The summed E-state index contributed by atoms with van der Waals surface area (Å²) in [6.07, 6.45) is -0.108. The zero-order valence-corrected chi connectivity index (χ0v) is 6.96. The van der Waals surface area contributed by atoms with Gasteiger partial charge in [-0.3, -0.25) is 0 Å². The first-order valence-electron chi connectivity index (χ1n) is 4.22. The molecule has 0 aromatic carbocycles. The number of fused-ring (bicyclic) bond motifs is 1. The number of hydrogen-bond acceptors (Lipinski definition) is 2. The minimum atomic E-state index is -2.75. The molecule has 0 bridgehead atoms. The van der Waals surface area contributed by atoms with Crippen LogP contribution in [0.4, 0.5) is 8.78 Å². The maximum Gasteiger partial charge on any atom is 0.271 e. The smallest absolute Gasteiger partial charge is 0.271 e. The zero-order valence-electron chi connectivity index (χ0n) is 6.96. The summed E-state index contributed by atoms with van der Waals surface area (Å²) in [6.45, 7) is 0. The number of rotatable bonds is 1. The molecule has 0 aliphatic heterocycles. The van der Waals surface area contributed by atoms with Crippen molar-refractivity contribution in [1.82, 2.24) is 0 Å². The molecular weight excluding hydrogens is 178 g/mol. The van der Waals surface area contributed by atoms with Crippen molar-refractivity contribution in [2.24, 2.45) is 0 Å². The van der Waals surface area contributed by atoms with E-state index < -0.39 is 12.0 Å². The molecule has 0 fully saturated rings. The molecule has 2 rings (SSSR count). The third-order valence-corrected chi connectivity index (χ3v) is 2.53. The summed E-state index contributed by atoms with van der Waals surface area (Å²) in [5.41, 5.74) is -1.73. The summed E-state index contributed by atoms with van der Waals surface area (Å²) in [7, 11) is 0. The maximum absolute atomic E-state index is 12.6. The normalized spacial score (nSPS) is 27.7. The van der Waals surface area contributed by atoms with Gasteiger partial charge in [0.25, 0.3) is 6.43 Å². The van der Waals surface area contributed by atoms with Gasteiger partial charge in [0.05, 0.1) is 6.26 Å². The lowest BCUT2D eigenvalue weighted by molar-refractivity contribution is -0.113. The average Bonchev–Trinajstić information content (AvgIpc) is 2.53. The van der Waals surface area contributed by atoms with Crippen LogP contribution >= 0.6 is 0 Å². The van der Waals surface area contributed by atoms with Gasteiger partial charge in [-0.25, -0.2) is 8.78 Å². The number of hydrogen-bond donors (Lipinski definition) is 1. The predicted octanol–water partition coefficient (Wildman–Crippen LogP) is 2.07. The van der Waals surface area contributed by atoms with Crippen molar-refractivity contribution in [1.29, 1.82) is 0 Å². The van der Waals surface area contributed by atoms with E-state index in [9.17, 15) is 13.9 Å². The van der Waals surface area contributed by atoms with Gasteiger partial charge in [-0.05, 0) is 18.9 Å². The van der Waals surface area contributed by atoms with Crippen molar-refractivity contribution in [3.8, 4) is 0 Å². The van der Waals surface area contributed by atoms with Crippen LogP contribution in [0.3, 0.4) is 0 Å². The molecule has 4 heteroatoms. The molecule has 0 saturated carbocycles. The highest BCUT2D eigenvalue weighted by Gasteiger charge is 2.44. The fraction of sp³-hybridized carbons (Fsp3) is 0.556. The molecule has 1 atom stereocenters. The van der Waals surface area contributed by atoms with Crippen molar-refractivity contribution < 1.29 is 18.3 Å². The van der Waals surface area contributed by atoms with Crippen molar-refractivity contribution in [3.63, 3.8) is 0 Å². The Bertz CT molecular complexity index is 308. The monoisotopic (exact) mass is 188 g/mol. The van der Waals surface area contributed by atoms with Gasteiger partial charge in [-0.15, -0.1) is 0 Å². The highest BCUT2D eigenvalue weighted by molar-refractivity contribution is 5.28. The Morgan fingerprint density at radius 3 is 3.00 bits per heavy atom. The lowest BCUT2D eigenvalue weighted by Gasteiger charge is -2.30. The van der Waals surface area contributed by atoms with E-state index >= 15 is 0 Å². The van der Waals surface area contributed by atoms with E-state index in [1.165, 1.54) is 12.3 Å². The molecule has 2 nitrogen and oxygen atoms in total. The van der Waals surface area contributed by atoms with Crippen LogP contribution in [0.15, 0.2) is 16.7 Å². The van der Waals surface area contributed by atoms with E-state index in [4.69, 9.17) is 4.42 Å². The highest BCUT2D eigenvalue weighted by atomic mass is 19.3. The van der Waals surface area contributed by atoms with Crippen molar-refractivity contribution >= 4 is 0 Å². The maximum atomic E-state index is 12.6. The molecule has 1 N–H and O–H groups in total. The fourth-order valence-electron chi connectivity index (χ4n) is 1.80. The number of halogens is 2. The Morgan fingerprint density at radius 1 is 1.54 bits per heavy atom. The van der Waals surface area contributed by atoms with Crippen LogP contribution in [0.25, 0.3) is 0 Å². The third kappa shape index (κ3) is 1.16. The second kappa shape index (κ2) is 2.80. The molecule has 1 aromatic heterocycles. The van der Waals surface area contributed by atoms with Gasteiger partial charge in [0.2, 0.25) is 0 Å². The summed E-state index contributed by atoms with van der Waals surface area (Å²) in [5.74, 6) is 0.494. The standard InChI is InChI=1S/C9H10F2O2/c10-8(11)9(12)4-1-2-7-6(9)3-5-13-7/h3,5,8,12H,1-2,4H2. The molecule has 1 aromatic rings. The van der Waals surface area contributed by atoms with Crippen LogP contribution < -0.4 is 0 Å². The summed E-state index contributed by atoms with van der Waals surface area (Å²) < 4.78 is 30.1. The van der Waals surface area contributed by atoms with Crippen molar-refractivity contribution in [3.05, 3.63) is 23.7 Å². The number of furan rings is 1. The Morgan fingerprint density at radius 2 is 2.31 bits per heavy atom. The Labute approximate surface area is 74.2 Å². The van der Waals surface area contributed by atoms with Crippen molar-refractivity contribution in [2.75, 3.05) is 0 Å². The van der Waals surface area contributed by atoms with Gasteiger partial charge >= 0.3 is 0 Å².